The van der Waals surface area contributed by atoms with E-state index in [4.69, 9.17) is 0 Å². The summed E-state index contributed by atoms with van der Waals surface area (Å²) in [6.45, 7) is 3.96. The molecule has 1 aromatic heterocycles. The van der Waals surface area contributed by atoms with E-state index in [9.17, 15) is 9.59 Å². The van der Waals surface area contributed by atoms with Crippen molar-refractivity contribution in [1.82, 2.24) is 35.7 Å². The van der Waals surface area contributed by atoms with Gasteiger partial charge in [-0.2, -0.15) is 4.68 Å². The summed E-state index contributed by atoms with van der Waals surface area (Å²) in [4.78, 5) is 25.0. The molecule has 1 aliphatic rings. The lowest BCUT2D eigenvalue weighted by Gasteiger charge is -2.14. The van der Waals surface area contributed by atoms with Crippen molar-refractivity contribution in [3.63, 3.8) is 0 Å². The highest BCUT2D eigenvalue weighted by molar-refractivity contribution is 5.89. The molecule has 2 aromatic rings. The van der Waals surface area contributed by atoms with Gasteiger partial charge in [0.2, 0.25) is 0 Å². The standard InChI is InChI=1S/C14H18N8O2/c1-10-18-19-20-22(10)12-4-2-3-11(9-12)17-13(23)15-5-7-21-8-6-16-14(21)24/h2-4,9H,5-8H2,1H3,(H,16,24)(H2,15,17,23). The molecule has 1 aliphatic heterocycles. The number of rotatable bonds is 5. The minimum absolute atomic E-state index is 0.0956. The van der Waals surface area contributed by atoms with Gasteiger partial charge in [0.25, 0.3) is 0 Å². The average molecular weight is 330 g/mol. The Morgan fingerprint density at radius 2 is 2.29 bits per heavy atom. The molecule has 0 saturated carbocycles. The summed E-state index contributed by atoms with van der Waals surface area (Å²) < 4.78 is 1.58. The molecule has 4 amide bonds. The van der Waals surface area contributed by atoms with Gasteiger partial charge >= 0.3 is 12.1 Å². The molecule has 126 valence electrons. The van der Waals surface area contributed by atoms with E-state index in [1.807, 2.05) is 6.07 Å². The highest BCUT2D eigenvalue weighted by Gasteiger charge is 2.18. The fraction of sp³-hybridized carbons (Fsp3) is 0.357. The Morgan fingerprint density at radius 1 is 1.42 bits per heavy atom. The van der Waals surface area contributed by atoms with Crippen molar-refractivity contribution in [2.24, 2.45) is 0 Å². The van der Waals surface area contributed by atoms with E-state index < -0.39 is 0 Å². The van der Waals surface area contributed by atoms with E-state index in [2.05, 4.69) is 31.5 Å². The monoisotopic (exact) mass is 330 g/mol. The van der Waals surface area contributed by atoms with Gasteiger partial charge < -0.3 is 20.9 Å². The fourth-order valence-corrected chi connectivity index (χ4v) is 2.39. The van der Waals surface area contributed by atoms with E-state index in [0.29, 0.717) is 37.7 Å². The maximum Gasteiger partial charge on any atom is 0.319 e. The molecule has 1 saturated heterocycles. The zero-order chi connectivity index (χ0) is 16.9. The van der Waals surface area contributed by atoms with Crippen molar-refractivity contribution in [1.29, 1.82) is 0 Å². The summed E-state index contributed by atoms with van der Waals surface area (Å²) >= 11 is 0. The summed E-state index contributed by atoms with van der Waals surface area (Å²) in [5, 5.41) is 19.5. The SMILES string of the molecule is Cc1nnnn1-c1cccc(NC(=O)NCCN2CCNC2=O)c1. The first-order chi connectivity index (χ1) is 11.6. The molecule has 0 bridgehead atoms. The quantitative estimate of drug-likeness (QED) is 0.720. The Bertz CT molecular complexity index is 744. The van der Waals surface area contributed by atoms with Crippen molar-refractivity contribution in [3.8, 4) is 5.69 Å². The number of hydrogen-bond donors (Lipinski definition) is 3. The normalized spacial score (nSPS) is 13.7. The molecule has 3 rings (SSSR count). The van der Waals surface area contributed by atoms with Gasteiger partial charge in [-0.25, -0.2) is 9.59 Å². The molecule has 1 aromatic carbocycles. The van der Waals surface area contributed by atoms with Gasteiger partial charge in [0.05, 0.1) is 5.69 Å². The number of carbonyl (C=O) groups is 2. The lowest BCUT2D eigenvalue weighted by atomic mass is 10.3. The van der Waals surface area contributed by atoms with Gasteiger partial charge in [-0.15, -0.1) is 5.10 Å². The zero-order valence-electron chi connectivity index (χ0n) is 13.2. The number of benzene rings is 1. The number of carbonyl (C=O) groups excluding carboxylic acids is 2. The van der Waals surface area contributed by atoms with E-state index in [1.54, 1.807) is 34.7 Å². The maximum atomic E-state index is 11.9. The number of hydrogen-bond acceptors (Lipinski definition) is 5. The van der Waals surface area contributed by atoms with Crippen LogP contribution in [0.25, 0.3) is 5.69 Å². The van der Waals surface area contributed by atoms with Crippen LogP contribution in [0.3, 0.4) is 0 Å². The second kappa shape index (κ2) is 6.94. The molecular formula is C14H18N8O2. The smallest absolute Gasteiger partial charge is 0.319 e. The summed E-state index contributed by atoms with van der Waals surface area (Å²) in [6, 6.07) is 6.77. The Labute approximate surface area is 138 Å². The third kappa shape index (κ3) is 3.59. The number of aromatic nitrogens is 4. The van der Waals surface area contributed by atoms with Crippen LogP contribution >= 0.6 is 0 Å². The lowest BCUT2D eigenvalue weighted by molar-refractivity contribution is 0.216. The first kappa shape index (κ1) is 15.7. The largest absolute Gasteiger partial charge is 0.336 e. The molecule has 2 heterocycles. The highest BCUT2D eigenvalue weighted by Crippen LogP contribution is 2.14. The summed E-state index contributed by atoms with van der Waals surface area (Å²) in [6.07, 6.45) is 0. The molecule has 1 fully saturated rings. The molecule has 10 nitrogen and oxygen atoms in total. The number of aryl methyl sites for hydroxylation is 1. The summed E-state index contributed by atoms with van der Waals surface area (Å²) in [5.74, 6) is 0.653. The molecule has 0 radical (unpaired) electrons. The van der Waals surface area contributed by atoms with Crippen LogP contribution < -0.4 is 16.0 Å². The van der Waals surface area contributed by atoms with Gasteiger partial charge in [0.1, 0.15) is 0 Å². The van der Waals surface area contributed by atoms with Crippen molar-refractivity contribution in [2.45, 2.75) is 6.92 Å². The van der Waals surface area contributed by atoms with E-state index >= 15 is 0 Å². The number of urea groups is 2. The Balaban J connectivity index is 1.53. The van der Waals surface area contributed by atoms with E-state index in [0.717, 1.165) is 5.69 Å². The fourth-order valence-electron chi connectivity index (χ4n) is 2.39. The van der Waals surface area contributed by atoms with Gasteiger partial charge in [0.15, 0.2) is 5.82 Å². The second-order valence-electron chi connectivity index (χ2n) is 5.29. The van der Waals surface area contributed by atoms with Gasteiger partial charge in [-0.1, -0.05) is 6.07 Å². The highest BCUT2D eigenvalue weighted by atomic mass is 16.2. The van der Waals surface area contributed by atoms with Crippen LogP contribution in [0, 0.1) is 6.92 Å². The molecule has 0 atom stereocenters. The number of nitrogens with one attached hydrogen (secondary N) is 3. The number of amides is 4. The molecule has 24 heavy (non-hydrogen) atoms. The molecule has 0 spiro atoms. The van der Waals surface area contributed by atoms with Crippen molar-refractivity contribution >= 4 is 17.7 Å². The lowest BCUT2D eigenvalue weighted by Crippen LogP contribution is -2.38. The molecular weight excluding hydrogens is 312 g/mol. The first-order valence-corrected chi connectivity index (χ1v) is 7.56. The van der Waals surface area contributed by atoms with Crippen molar-refractivity contribution < 1.29 is 9.59 Å². The molecule has 10 heteroatoms. The van der Waals surface area contributed by atoms with Crippen molar-refractivity contribution in [3.05, 3.63) is 30.1 Å². The average Bonchev–Trinajstić information content (AvgIpc) is 3.16. The van der Waals surface area contributed by atoms with Crippen molar-refractivity contribution in [2.75, 3.05) is 31.5 Å². The van der Waals surface area contributed by atoms with Gasteiger partial charge in [-0.05, 0) is 35.5 Å². The number of nitrogens with zero attached hydrogens (tertiary/aromatic N) is 5. The topological polar surface area (TPSA) is 117 Å². The van der Waals surface area contributed by atoms with E-state index in [1.165, 1.54) is 0 Å². The minimum atomic E-state index is -0.333. The number of tetrazole rings is 1. The van der Waals surface area contributed by atoms with Crippen LogP contribution in [0.5, 0.6) is 0 Å². The van der Waals surface area contributed by atoms with Gasteiger partial charge in [-0.3, -0.25) is 0 Å². The maximum absolute atomic E-state index is 11.9. The molecule has 0 aliphatic carbocycles. The molecule has 0 unspecified atom stereocenters. The Hall–Kier alpha value is -3.17. The van der Waals surface area contributed by atoms with Crippen LogP contribution in [0.1, 0.15) is 5.82 Å². The van der Waals surface area contributed by atoms with Crippen LogP contribution in [-0.4, -0.2) is 63.3 Å². The minimum Gasteiger partial charge on any atom is -0.336 e. The number of anilines is 1. The Morgan fingerprint density at radius 3 is 3.00 bits per heavy atom. The summed E-state index contributed by atoms with van der Waals surface area (Å²) in [5.41, 5.74) is 1.38. The molecule has 3 N–H and O–H groups in total. The van der Waals surface area contributed by atoms with E-state index in [-0.39, 0.29) is 12.1 Å². The van der Waals surface area contributed by atoms with Crippen LogP contribution in [0.4, 0.5) is 15.3 Å². The zero-order valence-corrected chi connectivity index (χ0v) is 13.2. The van der Waals surface area contributed by atoms with Crippen LogP contribution in [-0.2, 0) is 0 Å². The third-order valence-corrected chi connectivity index (χ3v) is 3.59. The second-order valence-corrected chi connectivity index (χ2v) is 5.29. The predicted octanol–water partition coefficient (Wildman–Crippen LogP) is 0.117. The summed E-state index contributed by atoms with van der Waals surface area (Å²) in [7, 11) is 0. The van der Waals surface area contributed by atoms with Gasteiger partial charge in [0, 0.05) is 31.9 Å². The Kier molecular flexibility index (Phi) is 4.54. The third-order valence-electron chi connectivity index (χ3n) is 3.59. The predicted molar refractivity (Wildman–Crippen MR) is 85.9 cm³/mol. The van der Waals surface area contributed by atoms with Crippen LogP contribution in [0.15, 0.2) is 24.3 Å². The first-order valence-electron chi connectivity index (χ1n) is 7.56. The van der Waals surface area contributed by atoms with Crippen LogP contribution in [0.2, 0.25) is 0 Å².